The average Bonchev–Trinajstić information content (AvgIpc) is 3.49. The minimum absolute atomic E-state index is 0.0559. The Kier molecular flexibility index (Phi) is 5.47. The van der Waals surface area contributed by atoms with Crippen molar-refractivity contribution >= 4 is 17.6 Å². The number of nitrogens with two attached hydrogens (primary N) is 1. The summed E-state index contributed by atoms with van der Waals surface area (Å²) < 4.78 is 55.5. The Hall–Kier alpha value is -4.40. The van der Waals surface area contributed by atoms with Gasteiger partial charge in [-0.25, -0.2) is 9.18 Å². The number of urea groups is 1. The summed E-state index contributed by atoms with van der Waals surface area (Å²) in [7, 11) is 0. The number of hydrogen-bond acceptors (Lipinski definition) is 4. The molecular weight excluding hydrogens is 492 g/mol. The Morgan fingerprint density at radius 2 is 1.92 bits per heavy atom. The van der Waals surface area contributed by atoms with Crippen LogP contribution in [0.2, 0.25) is 0 Å². The predicted octanol–water partition coefficient (Wildman–Crippen LogP) is 4.57. The molecule has 0 radical (unpaired) electrons. The maximum Gasteiger partial charge on any atom is 0.417 e. The molecule has 2 heterocycles. The van der Waals surface area contributed by atoms with Crippen molar-refractivity contribution in [3.8, 4) is 17.3 Å². The molecule has 0 atom stereocenters. The van der Waals surface area contributed by atoms with Gasteiger partial charge in [-0.15, -0.1) is 0 Å². The number of nitrogens with zero attached hydrogens (tertiary/aromatic N) is 4. The zero-order chi connectivity index (χ0) is 26.7. The molecule has 3 N–H and O–H groups in total. The van der Waals surface area contributed by atoms with Gasteiger partial charge in [-0.2, -0.15) is 23.5 Å². The van der Waals surface area contributed by atoms with Gasteiger partial charge in [0.15, 0.2) is 0 Å². The highest BCUT2D eigenvalue weighted by Gasteiger charge is 2.54. The summed E-state index contributed by atoms with van der Waals surface area (Å²) in [5.74, 6) is -1.18. The monoisotopic (exact) mass is 512 g/mol. The molecule has 5 rings (SSSR count). The molecule has 1 fully saturated rings. The van der Waals surface area contributed by atoms with Crippen LogP contribution in [-0.2, 0) is 19.3 Å². The average molecular weight is 512 g/mol. The molecule has 1 aliphatic heterocycles. The molecule has 190 valence electrons. The summed E-state index contributed by atoms with van der Waals surface area (Å²) in [6.07, 6.45) is -3.50. The Balaban J connectivity index is 1.49. The van der Waals surface area contributed by atoms with Gasteiger partial charge in [0.2, 0.25) is 0 Å². The first-order valence-electron chi connectivity index (χ1n) is 11.3. The number of fused-ring (bicyclic) bond motifs is 1. The third-order valence-corrected chi connectivity index (χ3v) is 6.83. The van der Waals surface area contributed by atoms with Crippen molar-refractivity contribution in [3.63, 3.8) is 0 Å². The van der Waals surface area contributed by atoms with Gasteiger partial charge in [0.25, 0.3) is 5.91 Å². The number of anilines is 1. The summed E-state index contributed by atoms with van der Waals surface area (Å²) in [6, 6.07) is 8.10. The molecule has 0 saturated heterocycles. The Morgan fingerprint density at radius 1 is 1.19 bits per heavy atom. The first kappa shape index (κ1) is 24.3. The molecule has 2 aliphatic rings. The molecule has 0 unspecified atom stereocenters. The van der Waals surface area contributed by atoms with E-state index in [0.717, 1.165) is 6.07 Å². The second-order valence-electron chi connectivity index (χ2n) is 9.27. The van der Waals surface area contributed by atoms with Crippen LogP contribution < -0.4 is 11.1 Å². The van der Waals surface area contributed by atoms with Crippen LogP contribution in [0.1, 0.15) is 45.6 Å². The van der Waals surface area contributed by atoms with Crippen LogP contribution in [0.15, 0.2) is 36.4 Å². The number of alkyl halides is 3. The molecule has 3 amide bonds. The van der Waals surface area contributed by atoms with Crippen LogP contribution in [0, 0.1) is 24.1 Å². The van der Waals surface area contributed by atoms with E-state index in [1.165, 1.54) is 29.2 Å². The zero-order valence-electron chi connectivity index (χ0n) is 19.5. The highest BCUT2D eigenvalue weighted by Crippen LogP contribution is 2.48. The summed E-state index contributed by atoms with van der Waals surface area (Å²) in [4.78, 5) is 27.2. The number of aryl methyl sites for hydroxylation is 1. The molecular formula is C25H20F4N6O2. The van der Waals surface area contributed by atoms with Crippen LogP contribution in [0.4, 0.5) is 28.0 Å². The lowest BCUT2D eigenvalue weighted by Crippen LogP contribution is -2.50. The maximum absolute atomic E-state index is 13.8. The van der Waals surface area contributed by atoms with Gasteiger partial charge in [-0.1, -0.05) is 0 Å². The van der Waals surface area contributed by atoms with E-state index >= 15 is 0 Å². The minimum Gasteiger partial charge on any atom is -0.365 e. The normalized spacial score (nSPS) is 15.7. The quantitative estimate of drug-likeness (QED) is 0.500. The summed E-state index contributed by atoms with van der Waals surface area (Å²) in [6.45, 7) is 1.79. The lowest BCUT2D eigenvalue weighted by molar-refractivity contribution is -0.137. The molecule has 0 bridgehead atoms. The van der Waals surface area contributed by atoms with Crippen LogP contribution in [0.5, 0.6) is 0 Å². The number of hydrogen-bond donors (Lipinski definition) is 2. The van der Waals surface area contributed by atoms with E-state index < -0.39 is 40.6 Å². The summed E-state index contributed by atoms with van der Waals surface area (Å²) in [5.41, 5.74) is 4.84. The van der Waals surface area contributed by atoms with Crippen LogP contribution in [0.3, 0.4) is 0 Å². The van der Waals surface area contributed by atoms with Crippen molar-refractivity contribution in [2.24, 2.45) is 5.73 Å². The van der Waals surface area contributed by atoms with Crippen molar-refractivity contribution in [1.29, 1.82) is 5.26 Å². The number of nitriles is 1. The second kappa shape index (κ2) is 8.33. The maximum atomic E-state index is 13.8. The molecule has 12 heteroatoms. The lowest BCUT2D eigenvalue weighted by atomic mass is 10.0. The van der Waals surface area contributed by atoms with Gasteiger partial charge in [0.1, 0.15) is 11.5 Å². The first-order chi connectivity index (χ1) is 17.4. The zero-order valence-corrected chi connectivity index (χ0v) is 19.5. The van der Waals surface area contributed by atoms with E-state index in [1.807, 2.05) is 0 Å². The smallest absolute Gasteiger partial charge is 0.365 e. The SMILES string of the molecule is Cc1cc(-c2nn3c(c2C(N)=O)CN(C(=O)Nc2ccc(C#N)c(C(F)(F)F)c2)C2(CC2)C3)ccc1F. The van der Waals surface area contributed by atoms with Crippen molar-refractivity contribution in [2.75, 3.05) is 5.32 Å². The highest BCUT2D eigenvalue weighted by atomic mass is 19.4. The third kappa shape index (κ3) is 4.16. The van der Waals surface area contributed by atoms with Gasteiger partial charge in [0, 0.05) is 11.3 Å². The fourth-order valence-corrected chi connectivity index (χ4v) is 4.73. The number of benzene rings is 2. The number of primary amides is 1. The van der Waals surface area contributed by atoms with Gasteiger partial charge < -0.3 is 16.0 Å². The Labute approximate surface area is 208 Å². The summed E-state index contributed by atoms with van der Waals surface area (Å²) >= 11 is 0. The highest BCUT2D eigenvalue weighted by molar-refractivity contribution is 6.00. The van der Waals surface area contributed by atoms with E-state index in [9.17, 15) is 27.2 Å². The van der Waals surface area contributed by atoms with Crippen molar-refractivity contribution < 1.29 is 27.2 Å². The van der Waals surface area contributed by atoms with E-state index in [4.69, 9.17) is 11.0 Å². The third-order valence-electron chi connectivity index (χ3n) is 6.83. The van der Waals surface area contributed by atoms with E-state index in [0.29, 0.717) is 35.7 Å². The summed E-state index contributed by atoms with van der Waals surface area (Å²) in [5, 5.41) is 16.1. The van der Waals surface area contributed by atoms with Gasteiger partial charge >= 0.3 is 12.2 Å². The molecule has 2 aromatic carbocycles. The van der Waals surface area contributed by atoms with Crippen molar-refractivity contribution in [2.45, 2.75) is 44.6 Å². The fourth-order valence-electron chi connectivity index (χ4n) is 4.73. The van der Waals surface area contributed by atoms with Crippen LogP contribution >= 0.6 is 0 Å². The van der Waals surface area contributed by atoms with Gasteiger partial charge in [-0.3, -0.25) is 9.48 Å². The molecule has 1 spiro atoms. The van der Waals surface area contributed by atoms with Gasteiger partial charge in [0.05, 0.1) is 47.1 Å². The van der Waals surface area contributed by atoms with E-state index in [2.05, 4.69) is 10.4 Å². The number of halogens is 4. The number of carbonyl (C=O) groups is 2. The van der Waals surface area contributed by atoms with Crippen molar-refractivity contribution in [1.82, 2.24) is 14.7 Å². The van der Waals surface area contributed by atoms with Gasteiger partial charge in [-0.05, 0) is 61.7 Å². The molecule has 3 aromatic rings. The minimum atomic E-state index is -4.77. The van der Waals surface area contributed by atoms with E-state index in [1.54, 1.807) is 17.7 Å². The molecule has 1 aromatic heterocycles. The van der Waals surface area contributed by atoms with Crippen LogP contribution in [-0.4, -0.2) is 32.2 Å². The Bertz CT molecular complexity index is 1500. The molecule has 1 aliphatic carbocycles. The largest absolute Gasteiger partial charge is 0.417 e. The first-order valence-corrected chi connectivity index (χ1v) is 11.3. The van der Waals surface area contributed by atoms with Crippen LogP contribution in [0.25, 0.3) is 11.3 Å². The molecule has 8 nitrogen and oxygen atoms in total. The Morgan fingerprint density at radius 3 is 2.51 bits per heavy atom. The molecule has 1 saturated carbocycles. The predicted molar refractivity (Wildman–Crippen MR) is 124 cm³/mol. The van der Waals surface area contributed by atoms with E-state index in [-0.39, 0.29) is 30.0 Å². The number of carbonyl (C=O) groups excluding carboxylic acids is 2. The second-order valence-corrected chi connectivity index (χ2v) is 9.27. The molecule has 37 heavy (non-hydrogen) atoms. The number of nitrogens with one attached hydrogen (secondary N) is 1. The standard InChI is InChI=1S/C25H20F4N6O2/c1-13-8-14(3-5-18(13)26)21-20(22(31)36)19-11-34(24(6-7-24)12-35(19)33-21)23(37)32-16-4-2-15(10-30)17(9-16)25(27,28)29/h2-5,8-9H,6-7,11-12H2,1H3,(H2,31,36)(H,32,37). The lowest BCUT2D eigenvalue weighted by Gasteiger charge is -2.36. The van der Waals surface area contributed by atoms with Crippen molar-refractivity contribution in [3.05, 3.63) is 70.2 Å². The number of amides is 3. The number of rotatable bonds is 3. The number of aromatic nitrogens is 2. The topological polar surface area (TPSA) is 117 Å². The fraction of sp³-hybridized carbons (Fsp3) is 0.280.